The molecule has 86 valence electrons. The van der Waals surface area contributed by atoms with Gasteiger partial charge in [0, 0.05) is 23.7 Å². The largest absolute Gasteiger partial charge is 0.380 e. The molecule has 0 saturated carbocycles. The summed E-state index contributed by atoms with van der Waals surface area (Å²) in [5.41, 5.74) is 1.38. The third-order valence-corrected chi connectivity index (χ3v) is 2.12. The molecule has 0 aliphatic heterocycles. The van der Waals surface area contributed by atoms with Gasteiger partial charge in [-0.05, 0) is 19.9 Å². The lowest BCUT2D eigenvalue weighted by Gasteiger charge is -2.15. The molecule has 0 amide bonds. The van der Waals surface area contributed by atoms with Crippen LogP contribution in [0.4, 0.5) is 10.1 Å². The molecule has 0 spiro atoms. The van der Waals surface area contributed by atoms with Crippen molar-refractivity contribution >= 4 is 11.4 Å². The zero-order valence-corrected chi connectivity index (χ0v) is 9.68. The van der Waals surface area contributed by atoms with E-state index in [9.17, 15) is 4.39 Å². The summed E-state index contributed by atoms with van der Waals surface area (Å²) < 4.78 is 13.6. The van der Waals surface area contributed by atoms with Crippen LogP contribution >= 0.6 is 0 Å². The first-order valence-corrected chi connectivity index (χ1v) is 5.30. The molecule has 3 heteroatoms. The average molecular weight is 220 g/mol. The lowest BCUT2D eigenvalue weighted by atomic mass is 10.0. The van der Waals surface area contributed by atoms with Crippen molar-refractivity contribution in [3.05, 3.63) is 42.2 Å². The molecular weight excluding hydrogens is 203 g/mol. The van der Waals surface area contributed by atoms with Crippen molar-refractivity contribution in [3.8, 4) is 0 Å². The fraction of sp³-hybridized carbons (Fsp3) is 0.308. The summed E-state index contributed by atoms with van der Waals surface area (Å²) in [6.07, 6.45) is 2.09. The maximum atomic E-state index is 13.6. The maximum Gasteiger partial charge on any atom is 0.146 e. The van der Waals surface area contributed by atoms with E-state index in [4.69, 9.17) is 5.41 Å². The normalized spacial score (nSPS) is 10.2. The Morgan fingerprint density at radius 1 is 1.56 bits per heavy atom. The van der Waals surface area contributed by atoms with Gasteiger partial charge in [0.05, 0.1) is 5.69 Å². The van der Waals surface area contributed by atoms with E-state index in [-0.39, 0.29) is 11.9 Å². The molecule has 0 aliphatic rings. The Balaban J connectivity index is 3.11. The first kappa shape index (κ1) is 12.4. The van der Waals surface area contributed by atoms with Crippen LogP contribution < -0.4 is 5.32 Å². The number of hydrogen-bond acceptors (Lipinski definition) is 2. The van der Waals surface area contributed by atoms with E-state index < -0.39 is 0 Å². The molecule has 1 aromatic carbocycles. The van der Waals surface area contributed by atoms with Gasteiger partial charge in [0.25, 0.3) is 0 Å². The van der Waals surface area contributed by atoms with Gasteiger partial charge >= 0.3 is 0 Å². The standard InChI is InChI=1S/C13H17FN2/c1-4-6-12(15)10-7-5-8-11(14)13(10)16-9(2)3/h4-5,7-9,15-16H,1,6H2,2-3H3. The molecule has 0 radical (unpaired) electrons. The van der Waals surface area contributed by atoms with Crippen LogP contribution in [-0.2, 0) is 0 Å². The highest BCUT2D eigenvalue weighted by atomic mass is 19.1. The highest BCUT2D eigenvalue weighted by Gasteiger charge is 2.12. The van der Waals surface area contributed by atoms with E-state index >= 15 is 0 Å². The molecule has 0 bridgehead atoms. The van der Waals surface area contributed by atoms with Crippen molar-refractivity contribution in [1.29, 1.82) is 5.41 Å². The Morgan fingerprint density at radius 3 is 2.81 bits per heavy atom. The zero-order chi connectivity index (χ0) is 12.1. The quantitative estimate of drug-likeness (QED) is 0.577. The van der Waals surface area contributed by atoms with Crippen molar-refractivity contribution in [2.75, 3.05) is 5.32 Å². The molecule has 0 unspecified atom stereocenters. The molecule has 2 N–H and O–H groups in total. The van der Waals surface area contributed by atoms with Gasteiger partial charge in [-0.25, -0.2) is 4.39 Å². The van der Waals surface area contributed by atoms with E-state index in [2.05, 4.69) is 11.9 Å². The summed E-state index contributed by atoms with van der Waals surface area (Å²) in [6, 6.07) is 4.90. The summed E-state index contributed by atoms with van der Waals surface area (Å²) in [7, 11) is 0. The highest BCUT2D eigenvalue weighted by Crippen LogP contribution is 2.22. The van der Waals surface area contributed by atoms with Crippen molar-refractivity contribution in [2.45, 2.75) is 26.3 Å². The van der Waals surface area contributed by atoms with E-state index in [0.717, 1.165) is 0 Å². The summed E-state index contributed by atoms with van der Waals surface area (Å²) in [4.78, 5) is 0. The Kier molecular flexibility index (Phi) is 4.23. The summed E-state index contributed by atoms with van der Waals surface area (Å²) in [5, 5.41) is 10.9. The van der Waals surface area contributed by atoms with Crippen molar-refractivity contribution in [1.82, 2.24) is 0 Å². The second-order valence-corrected chi connectivity index (χ2v) is 3.93. The molecule has 16 heavy (non-hydrogen) atoms. The second kappa shape index (κ2) is 5.45. The Labute approximate surface area is 95.7 Å². The maximum absolute atomic E-state index is 13.6. The molecule has 0 aromatic heterocycles. The van der Waals surface area contributed by atoms with E-state index in [1.165, 1.54) is 6.07 Å². The molecule has 1 rings (SSSR count). The first-order valence-electron chi connectivity index (χ1n) is 5.30. The number of hydrogen-bond donors (Lipinski definition) is 2. The Bertz CT molecular complexity index is 397. The summed E-state index contributed by atoms with van der Waals surface area (Å²) in [5.74, 6) is -0.319. The number of benzene rings is 1. The van der Waals surface area contributed by atoms with Gasteiger partial charge in [-0.3, -0.25) is 0 Å². The van der Waals surface area contributed by atoms with Crippen LogP contribution in [0.3, 0.4) is 0 Å². The Hall–Kier alpha value is -1.64. The Morgan fingerprint density at radius 2 is 2.25 bits per heavy atom. The number of halogens is 1. The molecule has 0 aliphatic carbocycles. The number of rotatable bonds is 5. The fourth-order valence-electron chi connectivity index (χ4n) is 1.47. The fourth-order valence-corrected chi connectivity index (χ4v) is 1.47. The summed E-state index contributed by atoms with van der Waals surface area (Å²) >= 11 is 0. The minimum absolute atomic E-state index is 0.132. The minimum atomic E-state index is -0.319. The third kappa shape index (κ3) is 2.92. The molecule has 0 atom stereocenters. The van der Waals surface area contributed by atoms with Crippen LogP contribution in [0.1, 0.15) is 25.8 Å². The molecule has 0 fully saturated rings. The molecule has 0 saturated heterocycles. The highest BCUT2D eigenvalue weighted by molar-refractivity contribution is 6.03. The van der Waals surface area contributed by atoms with Gasteiger partial charge in [0.2, 0.25) is 0 Å². The number of para-hydroxylation sites is 1. The number of nitrogens with one attached hydrogen (secondary N) is 2. The van der Waals surface area contributed by atoms with Gasteiger partial charge < -0.3 is 10.7 Å². The van der Waals surface area contributed by atoms with E-state index in [1.807, 2.05) is 13.8 Å². The number of allylic oxidation sites excluding steroid dienone is 1. The van der Waals surface area contributed by atoms with Crippen LogP contribution in [0.25, 0.3) is 0 Å². The predicted octanol–water partition coefficient (Wildman–Crippen LogP) is 3.59. The topological polar surface area (TPSA) is 35.9 Å². The van der Waals surface area contributed by atoms with Crippen LogP contribution in [0.15, 0.2) is 30.9 Å². The van der Waals surface area contributed by atoms with Crippen LogP contribution in [0.2, 0.25) is 0 Å². The van der Waals surface area contributed by atoms with Crippen LogP contribution in [0, 0.1) is 11.2 Å². The van der Waals surface area contributed by atoms with Gasteiger partial charge in [0.15, 0.2) is 0 Å². The molecule has 0 heterocycles. The van der Waals surface area contributed by atoms with Crippen molar-refractivity contribution < 1.29 is 4.39 Å². The van der Waals surface area contributed by atoms with Gasteiger partial charge in [0.1, 0.15) is 5.82 Å². The molecular formula is C13H17FN2. The monoisotopic (exact) mass is 220 g/mol. The SMILES string of the molecule is C=CCC(=N)c1cccc(F)c1NC(C)C. The lowest BCUT2D eigenvalue weighted by molar-refractivity contribution is 0.627. The van der Waals surface area contributed by atoms with E-state index in [1.54, 1.807) is 18.2 Å². The molecule has 2 nitrogen and oxygen atoms in total. The zero-order valence-electron chi connectivity index (χ0n) is 9.68. The van der Waals surface area contributed by atoms with Crippen LogP contribution in [-0.4, -0.2) is 11.8 Å². The number of anilines is 1. The van der Waals surface area contributed by atoms with Gasteiger partial charge in [-0.1, -0.05) is 18.2 Å². The average Bonchev–Trinajstić information content (AvgIpc) is 2.20. The first-order chi connectivity index (χ1) is 7.56. The van der Waals surface area contributed by atoms with Crippen LogP contribution in [0.5, 0.6) is 0 Å². The van der Waals surface area contributed by atoms with E-state index in [0.29, 0.717) is 23.4 Å². The van der Waals surface area contributed by atoms with Crippen molar-refractivity contribution in [3.63, 3.8) is 0 Å². The molecule has 1 aromatic rings. The minimum Gasteiger partial charge on any atom is -0.380 e. The summed E-state index contributed by atoms with van der Waals surface area (Å²) in [6.45, 7) is 7.46. The van der Waals surface area contributed by atoms with Gasteiger partial charge in [-0.15, -0.1) is 6.58 Å². The van der Waals surface area contributed by atoms with Gasteiger partial charge in [-0.2, -0.15) is 0 Å². The third-order valence-electron chi connectivity index (χ3n) is 2.12. The predicted molar refractivity (Wildman–Crippen MR) is 66.8 cm³/mol. The lowest BCUT2D eigenvalue weighted by Crippen LogP contribution is -2.15. The smallest absolute Gasteiger partial charge is 0.146 e. The van der Waals surface area contributed by atoms with Crippen molar-refractivity contribution in [2.24, 2.45) is 0 Å². The second-order valence-electron chi connectivity index (χ2n) is 3.93.